The van der Waals surface area contributed by atoms with Crippen molar-refractivity contribution in [2.45, 2.75) is 42.0 Å². The molecular formula is C24H29N9O7S4. The Morgan fingerprint density at radius 1 is 1.34 bits per heavy atom. The molecular weight excluding hydrogens is 655 g/mol. The summed E-state index contributed by atoms with van der Waals surface area (Å²) in [5.41, 5.74) is 11.6. The van der Waals surface area contributed by atoms with Gasteiger partial charge in [-0.2, -0.15) is 21.1 Å². The molecule has 1 saturated heterocycles. The van der Waals surface area contributed by atoms with E-state index in [-0.39, 0.29) is 34.4 Å². The number of nitrogen functional groups attached to an aromatic ring is 1. The number of nitrogens with one attached hydrogen (secondary N) is 2. The van der Waals surface area contributed by atoms with Crippen molar-refractivity contribution in [2.24, 2.45) is 16.8 Å². The maximum atomic E-state index is 13.1. The van der Waals surface area contributed by atoms with Crippen LogP contribution in [0.15, 0.2) is 39.2 Å². The molecule has 44 heavy (non-hydrogen) atoms. The van der Waals surface area contributed by atoms with Crippen LogP contribution in [0.5, 0.6) is 0 Å². The van der Waals surface area contributed by atoms with Crippen LogP contribution in [-0.4, -0.2) is 94.7 Å². The molecule has 0 aromatic carbocycles. The van der Waals surface area contributed by atoms with Gasteiger partial charge in [0, 0.05) is 46.4 Å². The number of nitrogens with zero attached hydrogens (tertiary/aromatic N) is 5. The minimum absolute atomic E-state index is 0.0322. The maximum absolute atomic E-state index is 13.1. The summed E-state index contributed by atoms with van der Waals surface area (Å²) in [6.07, 6.45) is 0.0381. The quantitative estimate of drug-likeness (QED) is 0.0432. The van der Waals surface area contributed by atoms with E-state index in [0.717, 1.165) is 22.1 Å². The fourth-order valence-corrected chi connectivity index (χ4v) is 7.76. The Kier molecular flexibility index (Phi) is 11.3. The zero-order chi connectivity index (χ0) is 32.0. The molecule has 2 aromatic heterocycles. The molecule has 1 fully saturated rings. The van der Waals surface area contributed by atoms with Gasteiger partial charge in [0.05, 0.1) is 16.6 Å². The Morgan fingerprint density at radius 3 is 2.77 bits per heavy atom. The lowest BCUT2D eigenvalue weighted by Crippen LogP contribution is -2.70. The molecule has 0 bridgehead atoms. The number of ether oxygens (including phenoxy) is 1. The number of anilines is 1. The van der Waals surface area contributed by atoms with Crippen molar-refractivity contribution in [1.29, 1.82) is 0 Å². The van der Waals surface area contributed by atoms with Crippen molar-refractivity contribution < 1.29 is 34.2 Å². The van der Waals surface area contributed by atoms with E-state index in [2.05, 4.69) is 30.1 Å². The topological polar surface area (TPSA) is 248 Å². The molecule has 3 atom stereocenters. The van der Waals surface area contributed by atoms with Crippen LogP contribution in [0.25, 0.3) is 0 Å². The van der Waals surface area contributed by atoms with Crippen LogP contribution < -0.4 is 22.1 Å². The molecule has 0 radical (unpaired) electrons. The standard InChI is InChI=1S/C24H29N9O7S4/c1-10(2)14(25)18(34)28-6-7-41-8-11-12(4-3-5-27-11)43-13-9-42-22-16(20(36)33(22)21(13)40-24(37)38)29-19(35)15(31-39)17-30-23(26)44-32-17/h3-5,10,14,16,22,39H,6-9,25H2,1-2H3,(H,28,34)(H,29,35)(H,37,38)(H2,26,30,32)/b31-15-/t14-,16+,22-/m0/s1. The lowest BCUT2D eigenvalue weighted by molar-refractivity contribution is -0.148. The van der Waals surface area contributed by atoms with Crippen molar-refractivity contribution in [1.82, 2.24) is 29.9 Å². The van der Waals surface area contributed by atoms with E-state index < -0.39 is 41.1 Å². The summed E-state index contributed by atoms with van der Waals surface area (Å²) in [7, 11) is 0. The van der Waals surface area contributed by atoms with Gasteiger partial charge < -0.3 is 37.2 Å². The molecule has 4 rings (SSSR count). The Morgan fingerprint density at radius 2 is 2.11 bits per heavy atom. The molecule has 236 valence electrons. The highest BCUT2D eigenvalue weighted by Crippen LogP contribution is 2.46. The number of hydrogen-bond donors (Lipinski definition) is 6. The number of β-lactam (4-membered cyclic amide) rings is 1. The summed E-state index contributed by atoms with van der Waals surface area (Å²) in [6, 6.07) is 1.95. The van der Waals surface area contributed by atoms with E-state index in [1.54, 1.807) is 24.0 Å². The first kappa shape index (κ1) is 33.3. The fraction of sp³-hybridized carbons (Fsp3) is 0.417. The van der Waals surface area contributed by atoms with Crippen molar-refractivity contribution in [3.05, 3.63) is 40.6 Å². The van der Waals surface area contributed by atoms with Gasteiger partial charge in [0.25, 0.3) is 11.8 Å². The zero-order valence-corrected chi connectivity index (χ0v) is 26.6. The highest BCUT2D eigenvalue weighted by Gasteiger charge is 2.54. The molecule has 16 nitrogen and oxygen atoms in total. The summed E-state index contributed by atoms with van der Waals surface area (Å²) >= 11 is 4.87. The van der Waals surface area contributed by atoms with Gasteiger partial charge in [0.15, 0.2) is 5.13 Å². The molecule has 2 aromatic rings. The van der Waals surface area contributed by atoms with Crippen LogP contribution in [-0.2, 0) is 24.9 Å². The van der Waals surface area contributed by atoms with E-state index in [4.69, 9.17) is 16.2 Å². The third-order valence-corrected chi connectivity index (χ3v) is 10.3. The summed E-state index contributed by atoms with van der Waals surface area (Å²) < 4.78 is 8.91. The highest BCUT2D eigenvalue weighted by atomic mass is 32.2. The Hall–Kier alpha value is -3.59. The number of fused-ring (bicyclic) bond motifs is 1. The molecule has 0 spiro atoms. The van der Waals surface area contributed by atoms with Gasteiger partial charge in [-0.05, 0) is 18.1 Å². The van der Waals surface area contributed by atoms with E-state index in [1.807, 2.05) is 19.9 Å². The number of pyridine rings is 1. The monoisotopic (exact) mass is 683 g/mol. The third-order valence-electron chi connectivity index (χ3n) is 6.21. The van der Waals surface area contributed by atoms with Gasteiger partial charge in [-0.1, -0.05) is 30.8 Å². The van der Waals surface area contributed by atoms with Gasteiger partial charge in [-0.25, -0.2) is 4.79 Å². The Labute approximate surface area is 268 Å². The predicted octanol–water partition coefficient (Wildman–Crippen LogP) is 1.08. The normalized spacial score (nSPS) is 18.9. The van der Waals surface area contributed by atoms with Crippen molar-refractivity contribution in [3.8, 4) is 0 Å². The molecule has 2 aliphatic rings. The molecule has 20 heteroatoms. The van der Waals surface area contributed by atoms with E-state index in [1.165, 1.54) is 28.4 Å². The number of amides is 3. The van der Waals surface area contributed by atoms with Crippen LogP contribution >= 0.6 is 46.8 Å². The minimum Gasteiger partial charge on any atom is -0.449 e. The first-order chi connectivity index (χ1) is 21.0. The third kappa shape index (κ3) is 7.73. The minimum atomic E-state index is -1.60. The van der Waals surface area contributed by atoms with Gasteiger partial charge in [-0.15, -0.1) is 11.8 Å². The number of oxime groups is 1. The number of carboxylic acid groups (broad SMARTS) is 1. The van der Waals surface area contributed by atoms with Gasteiger partial charge in [0.1, 0.15) is 11.4 Å². The first-order valence-electron chi connectivity index (χ1n) is 13.0. The average Bonchev–Trinajstić information content (AvgIpc) is 3.41. The molecule has 2 aliphatic heterocycles. The van der Waals surface area contributed by atoms with E-state index in [0.29, 0.717) is 23.0 Å². The number of carbonyl (C=O) groups excluding carboxylic acids is 3. The smallest absolute Gasteiger partial charge is 0.449 e. The van der Waals surface area contributed by atoms with E-state index in [9.17, 15) is 29.5 Å². The number of thioether (sulfide) groups is 3. The van der Waals surface area contributed by atoms with Gasteiger partial charge >= 0.3 is 6.16 Å². The van der Waals surface area contributed by atoms with Gasteiger partial charge in [0.2, 0.25) is 23.3 Å². The zero-order valence-electron chi connectivity index (χ0n) is 23.3. The van der Waals surface area contributed by atoms with Crippen LogP contribution in [0, 0.1) is 5.92 Å². The summed E-state index contributed by atoms with van der Waals surface area (Å²) in [6.45, 7) is 4.20. The molecule has 3 amide bonds. The lowest BCUT2D eigenvalue weighted by Gasteiger charge is -2.48. The maximum Gasteiger partial charge on any atom is 0.512 e. The fourth-order valence-electron chi connectivity index (χ4n) is 3.93. The number of rotatable bonds is 13. The van der Waals surface area contributed by atoms with Crippen molar-refractivity contribution in [3.63, 3.8) is 0 Å². The second-order valence-corrected chi connectivity index (χ2v) is 13.7. The second kappa shape index (κ2) is 14.9. The number of nitrogens with two attached hydrogens (primary N) is 2. The van der Waals surface area contributed by atoms with Crippen LogP contribution in [0.3, 0.4) is 0 Å². The summed E-state index contributed by atoms with van der Waals surface area (Å²) in [5.74, 6) is -0.653. The van der Waals surface area contributed by atoms with Crippen LogP contribution in [0.2, 0.25) is 0 Å². The second-order valence-electron chi connectivity index (χ2n) is 9.53. The Bertz CT molecular complexity index is 1490. The summed E-state index contributed by atoms with van der Waals surface area (Å²) in [5, 5.41) is 26.4. The lowest BCUT2D eigenvalue weighted by atomic mass is 10.1. The van der Waals surface area contributed by atoms with Crippen LogP contribution in [0.4, 0.5) is 9.93 Å². The number of hydrogen-bond acceptors (Lipinski definition) is 16. The van der Waals surface area contributed by atoms with Gasteiger partial charge in [-0.3, -0.25) is 24.3 Å². The van der Waals surface area contributed by atoms with Crippen molar-refractivity contribution in [2.75, 3.05) is 23.8 Å². The average molecular weight is 684 g/mol. The van der Waals surface area contributed by atoms with Crippen LogP contribution in [0.1, 0.15) is 25.4 Å². The predicted molar refractivity (Wildman–Crippen MR) is 166 cm³/mol. The molecule has 8 N–H and O–H groups in total. The molecule has 0 saturated carbocycles. The summed E-state index contributed by atoms with van der Waals surface area (Å²) in [4.78, 5) is 60.2. The van der Waals surface area contributed by atoms with Crippen molar-refractivity contribution >= 4 is 81.5 Å². The van der Waals surface area contributed by atoms with E-state index >= 15 is 0 Å². The molecule has 0 aliphatic carbocycles. The molecule has 4 heterocycles. The molecule has 0 unspecified atom stereocenters. The first-order valence-corrected chi connectivity index (χ1v) is 16.7. The SMILES string of the molecule is CC(C)[C@H](N)C(=O)NCCSCc1ncccc1SC1=C(OC(=O)O)N2C(=O)[C@@H](NC(=O)/C(=N\O)c3nsc(N)n3)[C@@H]2SC1. The largest absolute Gasteiger partial charge is 0.512 e. The Balaban J connectivity index is 1.42. The number of aromatic nitrogens is 3. The number of carbonyl (C=O) groups is 4. The highest BCUT2D eigenvalue weighted by molar-refractivity contribution is 8.06.